The van der Waals surface area contributed by atoms with Crippen LogP contribution in [0.5, 0.6) is 0 Å². The van der Waals surface area contributed by atoms with Crippen LogP contribution in [0.3, 0.4) is 0 Å². The zero-order chi connectivity index (χ0) is 15.9. The maximum atomic E-state index is 12.8. The average molecular weight is 311 g/mol. The molecule has 0 aliphatic rings. The number of fused-ring (bicyclic) bond motifs is 1. The van der Waals surface area contributed by atoms with Crippen LogP contribution in [0.1, 0.15) is 25.7 Å². The van der Waals surface area contributed by atoms with E-state index in [2.05, 4.69) is 25.7 Å². The lowest BCUT2D eigenvalue weighted by Crippen LogP contribution is -2.13. The van der Waals surface area contributed by atoms with Crippen LogP contribution in [0.25, 0.3) is 5.65 Å². The number of hydrogen-bond donors (Lipinski definition) is 1. The number of aromatic nitrogens is 6. The molecule has 0 bridgehead atoms. The summed E-state index contributed by atoms with van der Waals surface area (Å²) in [6.45, 7) is 3.93. The van der Waals surface area contributed by atoms with E-state index in [1.165, 1.54) is 12.1 Å². The van der Waals surface area contributed by atoms with Gasteiger partial charge < -0.3 is 5.32 Å². The molecule has 3 aromatic rings. The predicted molar refractivity (Wildman–Crippen MR) is 71.7 cm³/mol. The molecule has 0 saturated heterocycles. The molecular weight excluding hydrogens is 299 g/mol. The summed E-state index contributed by atoms with van der Waals surface area (Å²) in [6, 6.07) is 3.11. The Morgan fingerprint density at radius 3 is 2.59 bits per heavy atom. The third-order valence-corrected chi connectivity index (χ3v) is 2.92. The van der Waals surface area contributed by atoms with E-state index < -0.39 is 12.0 Å². The normalized spacial score (nSPS) is 12.3. The molecule has 0 unspecified atom stereocenters. The Bertz CT molecular complexity index is 803. The van der Waals surface area contributed by atoms with Gasteiger partial charge in [-0.3, -0.25) is 4.68 Å². The number of alkyl halides is 3. The highest BCUT2D eigenvalue weighted by Crippen LogP contribution is 2.27. The minimum atomic E-state index is -4.62. The summed E-state index contributed by atoms with van der Waals surface area (Å²) >= 11 is 0. The minimum Gasteiger partial charge on any atom is -0.336 e. The van der Waals surface area contributed by atoms with Gasteiger partial charge in [0.1, 0.15) is 0 Å². The second kappa shape index (κ2) is 4.97. The van der Waals surface area contributed by atoms with Gasteiger partial charge in [0.25, 0.3) is 5.82 Å². The van der Waals surface area contributed by atoms with E-state index in [-0.39, 0.29) is 17.5 Å². The van der Waals surface area contributed by atoms with Gasteiger partial charge in [0.05, 0.1) is 11.9 Å². The summed E-state index contributed by atoms with van der Waals surface area (Å²) in [6.07, 6.45) is -1.30. The smallest absolute Gasteiger partial charge is 0.336 e. The van der Waals surface area contributed by atoms with Crippen molar-refractivity contribution in [2.45, 2.75) is 26.1 Å². The predicted octanol–water partition coefficient (Wildman–Crippen LogP) is 2.66. The summed E-state index contributed by atoms with van der Waals surface area (Å²) in [7, 11) is 0. The lowest BCUT2D eigenvalue weighted by Gasteiger charge is -2.06. The van der Waals surface area contributed by atoms with Crippen LogP contribution >= 0.6 is 0 Å². The van der Waals surface area contributed by atoms with E-state index in [9.17, 15) is 13.2 Å². The molecule has 1 N–H and O–H groups in total. The van der Waals surface area contributed by atoms with Gasteiger partial charge in [-0.1, -0.05) is 0 Å². The Kier molecular flexibility index (Phi) is 3.23. The van der Waals surface area contributed by atoms with Crippen LogP contribution in [0.15, 0.2) is 24.5 Å². The Labute approximate surface area is 122 Å². The van der Waals surface area contributed by atoms with Crippen LogP contribution in [-0.2, 0) is 6.18 Å². The van der Waals surface area contributed by atoms with Crippen LogP contribution in [0, 0.1) is 0 Å². The second-order valence-electron chi connectivity index (χ2n) is 4.94. The van der Waals surface area contributed by atoms with Crippen molar-refractivity contribution in [2.24, 2.45) is 0 Å². The summed E-state index contributed by atoms with van der Waals surface area (Å²) in [5, 5.41) is 17.5. The number of nitrogens with one attached hydrogen (secondary N) is 1. The van der Waals surface area contributed by atoms with Crippen molar-refractivity contribution in [1.82, 2.24) is 29.6 Å². The van der Waals surface area contributed by atoms with Gasteiger partial charge in [-0.2, -0.15) is 22.8 Å². The van der Waals surface area contributed by atoms with Gasteiger partial charge >= 0.3 is 6.18 Å². The van der Waals surface area contributed by atoms with Gasteiger partial charge in [0.15, 0.2) is 11.5 Å². The van der Waals surface area contributed by atoms with E-state index in [4.69, 9.17) is 0 Å². The van der Waals surface area contributed by atoms with E-state index in [0.717, 1.165) is 0 Å². The zero-order valence-electron chi connectivity index (χ0n) is 11.7. The van der Waals surface area contributed by atoms with Crippen molar-refractivity contribution >= 4 is 17.2 Å². The van der Waals surface area contributed by atoms with E-state index in [1.807, 2.05) is 13.8 Å². The molecule has 7 nitrogen and oxygen atoms in total. The molecule has 22 heavy (non-hydrogen) atoms. The molecule has 0 saturated carbocycles. The SMILES string of the molecule is CC(C)n1cc(Nc2ccc3nnc(C(F)(F)F)n3n2)cn1. The van der Waals surface area contributed by atoms with Gasteiger partial charge in [-0.15, -0.1) is 15.3 Å². The van der Waals surface area contributed by atoms with Gasteiger partial charge in [0.2, 0.25) is 0 Å². The number of rotatable bonds is 3. The highest BCUT2D eigenvalue weighted by Gasteiger charge is 2.37. The van der Waals surface area contributed by atoms with Crippen LogP contribution < -0.4 is 5.32 Å². The fourth-order valence-electron chi connectivity index (χ4n) is 1.87. The minimum absolute atomic E-state index is 0.0238. The molecule has 0 aliphatic carbocycles. The maximum absolute atomic E-state index is 12.8. The third-order valence-electron chi connectivity index (χ3n) is 2.92. The summed E-state index contributed by atoms with van der Waals surface area (Å²) in [4.78, 5) is 0. The summed E-state index contributed by atoms with van der Waals surface area (Å²) in [5.41, 5.74) is 0.651. The van der Waals surface area contributed by atoms with Crippen LogP contribution in [0.4, 0.5) is 24.7 Å². The Hall–Kier alpha value is -2.65. The molecule has 0 spiro atoms. The first kappa shape index (κ1) is 14.3. The second-order valence-corrected chi connectivity index (χ2v) is 4.94. The molecule has 0 fully saturated rings. The van der Waals surface area contributed by atoms with Crippen molar-refractivity contribution in [3.63, 3.8) is 0 Å². The third kappa shape index (κ3) is 2.59. The van der Waals surface area contributed by atoms with Gasteiger partial charge in [0, 0.05) is 12.2 Å². The van der Waals surface area contributed by atoms with Crippen molar-refractivity contribution < 1.29 is 13.2 Å². The van der Waals surface area contributed by atoms with Crippen molar-refractivity contribution in [1.29, 1.82) is 0 Å². The van der Waals surface area contributed by atoms with Crippen LogP contribution in [-0.4, -0.2) is 29.6 Å². The molecule has 0 aromatic carbocycles. The molecule has 0 amide bonds. The highest BCUT2D eigenvalue weighted by atomic mass is 19.4. The molecule has 3 aromatic heterocycles. The number of halogens is 3. The lowest BCUT2D eigenvalue weighted by atomic mass is 10.4. The molecule has 0 atom stereocenters. The Balaban J connectivity index is 1.94. The first-order valence-electron chi connectivity index (χ1n) is 6.45. The maximum Gasteiger partial charge on any atom is 0.453 e. The lowest BCUT2D eigenvalue weighted by molar-refractivity contribution is -0.146. The van der Waals surface area contributed by atoms with E-state index in [0.29, 0.717) is 10.2 Å². The number of nitrogens with zero attached hydrogens (tertiary/aromatic N) is 6. The van der Waals surface area contributed by atoms with Gasteiger partial charge in [-0.05, 0) is 26.0 Å². The Morgan fingerprint density at radius 2 is 1.95 bits per heavy atom. The quantitative estimate of drug-likeness (QED) is 0.805. The molecular formula is C12H12F3N7. The highest BCUT2D eigenvalue weighted by molar-refractivity contribution is 5.55. The summed E-state index contributed by atoms with van der Waals surface area (Å²) < 4.78 is 40.8. The summed E-state index contributed by atoms with van der Waals surface area (Å²) in [5.74, 6) is -0.926. The fourth-order valence-corrected chi connectivity index (χ4v) is 1.87. The molecule has 10 heteroatoms. The number of hydrogen-bond acceptors (Lipinski definition) is 5. The van der Waals surface area contributed by atoms with E-state index in [1.54, 1.807) is 17.1 Å². The van der Waals surface area contributed by atoms with E-state index >= 15 is 0 Å². The van der Waals surface area contributed by atoms with Crippen molar-refractivity contribution in [2.75, 3.05) is 5.32 Å². The Morgan fingerprint density at radius 1 is 1.18 bits per heavy atom. The first-order chi connectivity index (χ1) is 10.3. The zero-order valence-corrected chi connectivity index (χ0v) is 11.7. The molecule has 0 radical (unpaired) electrons. The van der Waals surface area contributed by atoms with Crippen molar-refractivity contribution in [3.05, 3.63) is 30.4 Å². The molecule has 3 rings (SSSR count). The number of anilines is 2. The van der Waals surface area contributed by atoms with Crippen molar-refractivity contribution in [3.8, 4) is 0 Å². The molecule has 116 valence electrons. The fraction of sp³-hybridized carbons (Fsp3) is 0.333. The topological polar surface area (TPSA) is 72.9 Å². The average Bonchev–Trinajstić information content (AvgIpc) is 3.03. The monoisotopic (exact) mass is 311 g/mol. The largest absolute Gasteiger partial charge is 0.453 e. The molecule has 3 heterocycles. The standard InChI is InChI=1S/C12H12F3N7/c1-7(2)21-6-8(5-16-21)17-9-3-4-10-18-19-11(12(13,14)15)22(10)20-9/h3-7H,1-2H3,(H,17,20). The van der Waals surface area contributed by atoms with Gasteiger partial charge in [-0.25, -0.2) is 0 Å². The first-order valence-corrected chi connectivity index (χ1v) is 6.45. The molecule has 0 aliphatic heterocycles. The van der Waals surface area contributed by atoms with Crippen LogP contribution in [0.2, 0.25) is 0 Å².